The van der Waals surface area contributed by atoms with Crippen molar-refractivity contribution >= 4 is 11.6 Å². The summed E-state index contributed by atoms with van der Waals surface area (Å²) in [6.07, 6.45) is 6.29. The van der Waals surface area contributed by atoms with E-state index < -0.39 is 5.97 Å². The van der Waals surface area contributed by atoms with Gasteiger partial charge in [-0.3, -0.25) is 4.40 Å². The Bertz CT molecular complexity index is 637. The number of aromatic carboxylic acids is 1. The molecule has 0 bridgehead atoms. The molecule has 0 amide bonds. The minimum Gasteiger partial charge on any atom is -0.478 e. The Labute approximate surface area is 117 Å². The Balaban J connectivity index is 1.92. The molecule has 2 aromatic rings. The van der Waals surface area contributed by atoms with Gasteiger partial charge in [0.1, 0.15) is 11.4 Å². The largest absolute Gasteiger partial charge is 0.478 e. The average molecular weight is 274 g/mol. The molecule has 2 aromatic heterocycles. The highest BCUT2D eigenvalue weighted by atomic mass is 16.4. The standard InChI is InChI=1S/C14H18N4O2/c1-17-7-3-2-5-10(17)9-12-15-16-13-11(14(19)20)6-4-8-18(12)13/h4,6,8,10H,2-3,5,7,9H2,1H3,(H,19,20). The minimum atomic E-state index is -0.968. The lowest BCUT2D eigenvalue weighted by Crippen LogP contribution is -2.38. The van der Waals surface area contributed by atoms with Crippen molar-refractivity contribution in [2.75, 3.05) is 13.6 Å². The van der Waals surface area contributed by atoms with Crippen molar-refractivity contribution in [2.24, 2.45) is 0 Å². The first-order chi connectivity index (χ1) is 9.66. The van der Waals surface area contributed by atoms with Crippen molar-refractivity contribution in [1.82, 2.24) is 19.5 Å². The number of carboxylic acid groups (broad SMARTS) is 1. The molecule has 1 unspecified atom stereocenters. The van der Waals surface area contributed by atoms with Gasteiger partial charge in [-0.25, -0.2) is 4.79 Å². The van der Waals surface area contributed by atoms with Crippen LogP contribution in [0.15, 0.2) is 18.3 Å². The third-order valence-corrected chi connectivity index (χ3v) is 4.08. The average Bonchev–Trinajstić information content (AvgIpc) is 2.84. The van der Waals surface area contributed by atoms with Gasteiger partial charge in [0.25, 0.3) is 0 Å². The lowest BCUT2D eigenvalue weighted by Gasteiger charge is -2.31. The number of pyridine rings is 1. The van der Waals surface area contributed by atoms with Gasteiger partial charge in [-0.05, 0) is 38.6 Å². The normalized spacial score (nSPS) is 20.4. The molecule has 1 aliphatic rings. The minimum absolute atomic E-state index is 0.197. The first-order valence-corrected chi connectivity index (χ1v) is 6.93. The van der Waals surface area contributed by atoms with Gasteiger partial charge < -0.3 is 10.0 Å². The molecule has 1 fully saturated rings. The molecule has 0 radical (unpaired) electrons. The first kappa shape index (κ1) is 13.1. The zero-order valence-electron chi connectivity index (χ0n) is 11.5. The number of carboxylic acids is 1. The number of hydrogen-bond donors (Lipinski definition) is 1. The van der Waals surface area contributed by atoms with Gasteiger partial charge in [-0.2, -0.15) is 0 Å². The number of likely N-dealkylation sites (N-methyl/N-ethyl adjacent to an activating group) is 1. The number of hydrogen-bond acceptors (Lipinski definition) is 4. The van der Waals surface area contributed by atoms with Crippen molar-refractivity contribution < 1.29 is 9.90 Å². The monoisotopic (exact) mass is 274 g/mol. The summed E-state index contributed by atoms with van der Waals surface area (Å²) in [4.78, 5) is 13.5. The second-order valence-corrected chi connectivity index (χ2v) is 5.37. The van der Waals surface area contributed by atoms with Crippen LogP contribution in [-0.4, -0.2) is 50.2 Å². The molecule has 1 atom stereocenters. The lowest BCUT2D eigenvalue weighted by atomic mass is 10.00. The van der Waals surface area contributed by atoms with Crippen LogP contribution >= 0.6 is 0 Å². The number of rotatable bonds is 3. The van der Waals surface area contributed by atoms with Crippen LogP contribution in [0.5, 0.6) is 0 Å². The highest BCUT2D eigenvalue weighted by Gasteiger charge is 2.22. The van der Waals surface area contributed by atoms with Crippen LogP contribution < -0.4 is 0 Å². The quantitative estimate of drug-likeness (QED) is 0.917. The van der Waals surface area contributed by atoms with Crippen LogP contribution in [0.25, 0.3) is 5.65 Å². The Kier molecular flexibility index (Phi) is 3.40. The van der Waals surface area contributed by atoms with E-state index in [4.69, 9.17) is 5.11 Å². The number of nitrogens with zero attached hydrogens (tertiary/aromatic N) is 4. The van der Waals surface area contributed by atoms with Gasteiger partial charge in [0.2, 0.25) is 0 Å². The molecule has 0 aromatic carbocycles. The highest BCUT2D eigenvalue weighted by molar-refractivity contribution is 5.94. The summed E-state index contributed by atoms with van der Waals surface area (Å²) in [5, 5.41) is 17.4. The third-order valence-electron chi connectivity index (χ3n) is 4.08. The van der Waals surface area contributed by atoms with E-state index in [1.54, 1.807) is 16.5 Å². The van der Waals surface area contributed by atoms with E-state index in [-0.39, 0.29) is 5.56 Å². The molecule has 3 heterocycles. The summed E-state index contributed by atoms with van der Waals surface area (Å²) < 4.78 is 1.80. The molecular weight excluding hydrogens is 256 g/mol. The topological polar surface area (TPSA) is 70.7 Å². The summed E-state index contributed by atoms with van der Waals surface area (Å²) in [5.74, 6) is -0.133. The van der Waals surface area contributed by atoms with Crippen molar-refractivity contribution in [2.45, 2.75) is 31.7 Å². The predicted octanol–water partition coefficient (Wildman–Crippen LogP) is 1.45. The van der Waals surface area contributed by atoms with E-state index in [9.17, 15) is 4.79 Å². The number of carbonyl (C=O) groups is 1. The predicted molar refractivity (Wildman–Crippen MR) is 73.9 cm³/mol. The van der Waals surface area contributed by atoms with Gasteiger partial charge in [0.05, 0.1) is 0 Å². The summed E-state index contributed by atoms with van der Waals surface area (Å²) in [5.41, 5.74) is 0.622. The maximum Gasteiger partial charge on any atom is 0.339 e. The zero-order chi connectivity index (χ0) is 14.1. The lowest BCUT2D eigenvalue weighted by molar-refractivity contribution is 0.0698. The van der Waals surface area contributed by atoms with Gasteiger partial charge in [-0.15, -0.1) is 10.2 Å². The third kappa shape index (κ3) is 2.27. The molecule has 0 aliphatic carbocycles. The van der Waals surface area contributed by atoms with Crippen molar-refractivity contribution in [1.29, 1.82) is 0 Å². The van der Waals surface area contributed by atoms with Crippen LogP contribution in [0.4, 0.5) is 0 Å². The Morgan fingerprint density at radius 2 is 2.30 bits per heavy atom. The zero-order valence-corrected chi connectivity index (χ0v) is 11.5. The Morgan fingerprint density at radius 3 is 3.05 bits per heavy atom. The molecule has 6 nitrogen and oxygen atoms in total. The van der Waals surface area contributed by atoms with Gasteiger partial charge in [-0.1, -0.05) is 6.42 Å². The molecule has 106 valence electrons. The Morgan fingerprint density at radius 1 is 1.45 bits per heavy atom. The van der Waals surface area contributed by atoms with Crippen LogP contribution in [0.2, 0.25) is 0 Å². The highest BCUT2D eigenvalue weighted by Crippen LogP contribution is 2.19. The fourth-order valence-corrected chi connectivity index (χ4v) is 2.88. The second-order valence-electron chi connectivity index (χ2n) is 5.37. The van der Waals surface area contributed by atoms with Crippen molar-refractivity contribution in [3.05, 3.63) is 29.7 Å². The molecule has 20 heavy (non-hydrogen) atoms. The fraction of sp³-hybridized carbons (Fsp3) is 0.500. The Hall–Kier alpha value is -1.95. The van der Waals surface area contributed by atoms with Gasteiger partial charge >= 0.3 is 5.97 Å². The molecule has 1 N–H and O–H groups in total. The second kappa shape index (κ2) is 5.20. The van der Waals surface area contributed by atoms with E-state index in [1.165, 1.54) is 12.8 Å². The smallest absolute Gasteiger partial charge is 0.339 e. The molecule has 1 saturated heterocycles. The van der Waals surface area contributed by atoms with Crippen LogP contribution in [0.1, 0.15) is 35.4 Å². The summed E-state index contributed by atoms with van der Waals surface area (Å²) >= 11 is 0. The number of aromatic nitrogens is 3. The number of fused-ring (bicyclic) bond motifs is 1. The molecule has 0 spiro atoms. The molecular formula is C14H18N4O2. The van der Waals surface area contributed by atoms with Gasteiger partial charge in [0, 0.05) is 18.7 Å². The SMILES string of the molecule is CN1CCCCC1Cc1nnc2c(C(=O)O)cccn12. The summed E-state index contributed by atoms with van der Waals surface area (Å²) in [6.45, 7) is 1.11. The van der Waals surface area contributed by atoms with E-state index in [0.717, 1.165) is 25.2 Å². The van der Waals surface area contributed by atoms with E-state index in [0.29, 0.717) is 11.7 Å². The first-order valence-electron chi connectivity index (χ1n) is 6.93. The summed E-state index contributed by atoms with van der Waals surface area (Å²) in [6, 6.07) is 3.75. The van der Waals surface area contributed by atoms with Crippen molar-refractivity contribution in [3.63, 3.8) is 0 Å². The van der Waals surface area contributed by atoms with Crippen molar-refractivity contribution in [3.8, 4) is 0 Å². The van der Waals surface area contributed by atoms with Crippen LogP contribution in [0, 0.1) is 0 Å². The van der Waals surface area contributed by atoms with E-state index in [1.807, 2.05) is 6.20 Å². The summed E-state index contributed by atoms with van der Waals surface area (Å²) in [7, 11) is 2.13. The molecule has 0 saturated carbocycles. The van der Waals surface area contributed by atoms with E-state index in [2.05, 4.69) is 22.1 Å². The van der Waals surface area contributed by atoms with Crippen LogP contribution in [-0.2, 0) is 6.42 Å². The fourth-order valence-electron chi connectivity index (χ4n) is 2.88. The maximum absolute atomic E-state index is 11.2. The number of piperidine rings is 1. The van der Waals surface area contributed by atoms with Crippen LogP contribution in [0.3, 0.4) is 0 Å². The number of likely N-dealkylation sites (tertiary alicyclic amines) is 1. The maximum atomic E-state index is 11.2. The van der Waals surface area contributed by atoms with Gasteiger partial charge in [0.15, 0.2) is 5.65 Å². The molecule has 6 heteroatoms. The molecule has 3 rings (SSSR count). The molecule has 1 aliphatic heterocycles. The van der Waals surface area contributed by atoms with E-state index >= 15 is 0 Å².